The van der Waals surface area contributed by atoms with Gasteiger partial charge in [-0.15, -0.1) is 0 Å². The quantitative estimate of drug-likeness (QED) is 0.521. The zero-order valence-corrected chi connectivity index (χ0v) is 19.8. The first-order chi connectivity index (χ1) is 15.2. The van der Waals surface area contributed by atoms with E-state index in [1.807, 2.05) is 58.0 Å². The maximum absolute atomic E-state index is 13.5. The number of sulfonamides is 1. The largest absolute Gasteiger partial charge is 0.348 e. The second-order valence-corrected chi connectivity index (χ2v) is 9.89. The summed E-state index contributed by atoms with van der Waals surface area (Å²) in [6.07, 6.45) is 0.698. The summed E-state index contributed by atoms with van der Waals surface area (Å²) in [7, 11) is -3.92. The molecule has 1 amide bonds. The summed E-state index contributed by atoms with van der Waals surface area (Å²) in [6.45, 7) is 7.60. The molecule has 6 heteroatoms. The standard InChI is InChI=1S/C26H30N2O3S/c1-5-25(22-14-11-19(2)12-15-22)27-26(29)18-28(23-16-13-20(3)21(4)17-23)32(30,31)24-9-7-6-8-10-24/h6-17,25H,5,18H2,1-4H3,(H,27,29)/t25-/m0/s1. The SMILES string of the molecule is CC[C@H](NC(=O)CN(c1ccc(C)c(C)c1)S(=O)(=O)c1ccccc1)c1ccc(C)cc1. The molecule has 0 aliphatic carbocycles. The van der Waals surface area contributed by atoms with Crippen molar-refractivity contribution < 1.29 is 13.2 Å². The Bertz CT molecular complexity index is 1170. The number of carbonyl (C=O) groups is 1. The number of hydrogen-bond donors (Lipinski definition) is 1. The number of amides is 1. The van der Waals surface area contributed by atoms with E-state index < -0.39 is 10.0 Å². The van der Waals surface area contributed by atoms with Gasteiger partial charge in [0.25, 0.3) is 10.0 Å². The lowest BCUT2D eigenvalue weighted by Crippen LogP contribution is -2.42. The van der Waals surface area contributed by atoms with Crippen molar-refractivity contribution in [2.45, 2.75) is 45.1 Å². The van der Waals surface area contributed by atoms with E-state index in [-0.39, 0.29) is 23.4 Å². The Morgan fingerprint density at radius 2 is 1.56 bits per heavy atom. The Hall–Kier alpha value is -3.12. The Balaban J connectivity index is 1.92. The number of benzene rings is 3. The highest BCUT2D eigenvalue weighted by Crippen LogP contribution is 2.26. The van der Waals surface area contributed by atoms with Crippen LogP contribution in [0.25, 0.3) is 0 Å². The summed E-state index contributed by atoms with van der Waals surface area (Å²) in [5, 5.41) is 3.01. The highest BCUT2D eigenvalue weighted by molar-refractivity contribution is 7.92. The molecule has 0 saturated heterocycles. The van der Waals surface area contributed by atoms with E-state index in [0.29, 0.717) is 12.1 Å². The Labute approximate surface area is 191 Å². The molecule has 3 aromatic carbocycles. The number of aryl methyl sites for hydroxylation is 3. The first-order valence-electron chi connectivity index (χ1n) is 10.7. The first kappa shape index (κ1) is 23.5. The first-order valence-corrected chi connectivity index (χ1v) is 12.2. The molecule has 32 heavy (non-hydrogen) atoms. The summed E-state index contributed by atoms with van der Waals surface area (Å²) in [6, 6.07) is 21.4. The Morgan fingerprint density at radius 1 is 0.906 bits per heavy atom. The lowest BCUT2D eigenvalue weighted by Gasteiger charge is -2.26. The van der Waals surface area contributed by atoms with Gasteiger partial charge in [0, 0.05) is 0 Å². The number of carbonyl (C=O) groups excluding carboxylic acids is 1. The molecular formula is C26H30N2O3S. The van der Waals surface area contributed by atoms with Gasteiger partial charge in [0.2, 0.25) is 5.91 Å². The van der Waals surface area contributed by atoms with Crippen LogP contribution in [0.4, 0.5) is 5.69 Å². The van der Waals surface area contributed by atoms with Crippen molar-refractivity contribution >= 4 is 21.6 Å². The van der Waals surface area contributed by atoms with Gasteiger partial charge in [-0.3, -0.25) is 9.10 Å². The van der Waals surface area contributed by atoms with Crippen molar-refractivity contribution in [1.82, 2.24) is 5.32 Å². The third-order valence-corrected chi connectivity index (χ3v) is 7.41. The van der Waals surface area contributed by atoms with Gasteiger partial charge in [-0.25, -0.2) is 8.42 Å². The Kier molecular flexibility index (Phi) is 7.36. The van der Waals surface area contributed by atoms with E-state index in [1.54, 1.807) is 42.5 Å². The van der Waals surface area contributed by atoms with Gasteiger partial charge in [-0.1, -0.05) is 61.0 Å². The van der Waals surface area contributed by atoms with Crippen LogP contribution < -0.4 is 9.62 Å². The summed E-state index contributed by atoms with van der Waals surface area (Å²) >= 11 is 0. The van der Waals surface area contributed by atoms with E-state index in [2.05, 4.69) is 5.32 Å². The van der Waals surface area contributed by atoms with Crippen molar-refractivity contribution in [2.24, 2.45) is 0 Å². The molecular weight excluding hydrogens is 420 g/mol. The molecule has 3 rings (SSSR count). The topological polar surface area (TPSA) is 66.5 Å². The predicted octanol–water partition coefficient (Wildman–Crippen LogP) is 5.07. The molecule has 0 aliphatic heterocycles. The summed E-state index contributed by atoms with van der Waals surface area (Å²) in [5.41, 5.74) is 4.62. The molecule has 1 N–H and O–H groups in total. The lowest BCUT2D eigenvalue weighted by molar-refractivity contribution is -0.120. The van der Waals surface area contributed by atoms with Gasteiger partial charge in [0.05, 0.1) is 16.6 Å². The fourth-order valence-corrected chi connectivity index (χ4v) is 4.94. The number of hydrogen-bond acceptors (Lipinski definition) is 3. The fraction of sp³-hybridized carbons (Fsp3) is 0.269. The summed E-state index contributed by atoms with van der Waals surface area (Å²) in [4.78, 5) is 13.2. The van der Waals surface area contributed by atoms with Crippen LogP contribution >= 0.6 is 0 Å². The van der Waals surface area contributed by atoms with Crippen molar-refractivity contribution in [1.29, 1.82) is 0 Å². The zero-order chi connectivity index (χ0) is 23.3. The molecule has 0 spiro atoms. The van der Waals surface area contributed by atoms with Crippen LogP contribution in [0.15, 0.2) is 77.7 Å². The highest BCUT2D eigenvalue weighted by Gasteiger charge is 2.28. The minimum absolute atomic E-state index is 0.150. The van der Waals surface area contributed by atoms with Gasteiger partial charge < -0.3 is 5.32 Å². The molecule has 0 aliphatic rings. The molecule has 0 radical (unpaired) electrons. The van der Waals surface area contributed by atoms with Crippen LogP contribution in [0, 0.1) is 20.8 Å². The second-order valence-electron chi connectivity index (χ2n) is 8.03. The number of nitrogens with zero attached hydrogens (tertiary/aromatic N) is 1. The summed E-state index contributed by atoms with van der Waals surface area (Å²) < 4.78 is 28.1. The highest BCUT2D eigenvalue weighted by atomic mass is 32.2. The van der Waals surface area contributed by atoms with Gasteiger partial charge >= 0.3 is 0 Å². The van der Waals surface area contributed by atoms with Crippen molar-refractivity contribution in [3.8, 4) is 0 Å². The Morgan fingerprint density at radius 3 is 2.16 bits per heavy atom. The van der Waals surface area contributed by atoms with Gasteiger partial charge in [-0.2, -0.15) is 0 Å². The van der Waals surface area contributed by atoms with Crippen molar-refractivity contribution in [2.75, 3.05) is 10.8 Å². The fourth-order valence-electron chi connectivity index (χ4n) is 3.51. The van der Waals surface area contributed by atoms with Crippen molar-refractivity contribution in [3.05, 3.63) is 95.1 Å². The smallest absolute Gasteiger partial charge is 0.264 e. The maximum Gasteiger partial charge on any atom is 0.264 e. The average Bonchev–Trinajstić information content (AvgIpc) is 2.79. The number of anilines is 1. The van der Waals surface area contributed by atoms with Crippen LogP contribution in [0.2, 0.25) is 0 Å². The second kappa shape index (κ2) is 10.0. The molecule has 0 aromatic heterocycles. The zero-order valence-electron chi connectivity index (χ0n) is 19.0. The van der Waals surface area contributed by atoms with E-state index in [0.717, 1.165) is 22.3 Å². The molecule has 168 valence electrons. The number of nitrogens with one attached hydrogen (secondary N) is 1. The third kappa shape index (κ3) is 5.37. The van der Waals surface area contributed by atoms with E-state index in [4.69, 9.17) is 0 Å². The van der Waals surface area contributed by atoms with Crippen LogP contribution in [-0.4, -0.2) is 20.9 Å². The molecule has 0 fully saturated rings. The normalized spacial score (nSPS) is 12.2. The van der Waals surface area contributed by atoms with Crippen LogP contribution in [0.3, 0.4) is 0 Å². The van der Waals surface area contributed by atoms with E-state index in [1.165, 1.54) is 4.31 Å². The van der Waals surface area contributed by atoms with E-state index in [9.17, 15) is 13.2 Å². The molecule has 5 nitrogen and oxygen atoms in total. The number of rotatable bonds is 8. The third-order valence-electron chi connectivity index (χ3n) is 5.62. The molecule has 0 bridgehead atoms. The minimum Gasteiger partial charge on any atom is -0.348 e. The lowest BCUT2D eigenvalue weighted by atomic mass is 10.0. The van der Waals surface area contributed by atoms with Gasteiger partial charge in [0.1, 0.15) is 6.54 Å². The molecule has 0 unspecified atom stereocenters. The molecule has 3 aromatic rings. The van der Waals surface area contributed by atoms with Crippen LogP contribution in [0.5, 0.6) is 0 Å². The average molecular weight is 451 g/mol. The predicted molar refractivity (Wildman–Crippen MR) is 129 cm³/mol. The monoisotopic (exact) mass is 450 g/mol. The maximum atomic E-state index is 13.5. The van der Waals surface area contributed by atoms with Crippen molar-refractivity contribution in [3.63, 3.8) is 0 Å². The minimum atomic E-state index is -3.92. The molecule has 0 saturated carbocycles. The van der Waals surface area contributed by atoms with Crippen LogP contribution in [-0.2, 0) is 14.8 Å². The van der Waals surface area contributed by atoms with Gasteiger partial charge in [-0.05, 0) is 68.1 Å². The summed E-state index contributed by atoms with van der Waals surface area (Å²) in [5.74, 6) is -0.352. The molecule has 1 atom stereocenters. The molecule has 0 heterocycles. The van der Waals surface area contributed by atoms with Gasteiger partial charge in [0.15, 0.2) is 0 Å². The van der Waals surface area contributed by atoms with E-state index >= 15 is 0 Å². The van der Waals surface area contributed by atoms with Crippen LogP contribution in [0.1, 0.15) is 41.6 Å².